The van der Waals surface area contributed by atoms with E-state index in [2.05, 4.69) is 15.5 Å². The number of hydrogen-bond donors (Lipinski definition) is 2. The first kappa shape index (κ1) is 26.1. The molecule has 0 saturated heterocycles. The lowest BCUT2D eigenvalue weighted by atomic mass is 10.1. The molecule has 0 spiro atoms. The number of rotatable bonds is 10. The van der Waals surface area contributed by atoms with E-state index in [1.54, 1.807) is 4.57 Å². The summed E-state index contributed by atoms with van der Waals surface area (Å²) < 4.78 is 41.8. The van der Waals surface area contributed by atoms with E-state index in [-0.39, 0.29) is 18.8 Å². The van der Waals surface area contributed by atoms with Crippen LogP contribution in [0.25, 0.3) is 0 Å². The smallest absolute Gasteiger partial charge is 0.370 e. The van der Waals surface area contributed by atoms with Gasteiger partial charge in [-0.15, -0.1) is 10.2 Å². The zero-order chi connectivity index (χ0) is 24.9. The Balaban J connectivity index is 2.23. The van der Waals surface area contributed by atoms with Gasteiger partial charge in [0.1, 0.15) is 5.82 Å². The van der Waals surface area contributed by atoms with Gasteiger partial charge in [-0.1, -0.05) is 25.6 Å². The molecule has 0 aliphatic rings. The summed E-state index contributed by atoms with van der Waals surface area (Å²) in [7, 11) is 0. The molecule has 1 unspecified atom stereocenters. The zero-order valence-electron chi connectivity index (χ0n) is 18.0. The molecule has 1 heterocycles. The van der Waals surface area contributed by atoms with Gasteiger partial charge in [-0.05, 0) is 18.9 Å². The lowest BCUT2D eigenvalue weighted by molar-refractivity contribution is -0.385. The van der Waals surface area contributed by atoms with Crippen molar-refractivity contribution in [1.82, 2.24) is 14.8 Å². The number of anilines is 1. The van der Waals surface area contributed by atoms with Crippen molar-refractivity contribution < 1.29 is 27.7 Å². The number of nitrogens with zero attached hydrogens (tertiary/aromatic N) is 4. The van der Waals surface area contributed by atoms with Crippen LogP contribution >= 0.6 is 11.8 Å². The summed E-state index contributed by atoms with van der Waals surface area (Å²) in [5.41, 5.74) is 2.54. The number of carbonyl (C=O) groups excluding carboxylic acids is 2. The van der Waals surface area contributed by atoms with E-state index in [1.807, 2.05) is 13.8 Å². The molecule has 1 aromatic heterocycles. The normalized spacial score (nSPS) is 12.6. The fourth-order valence-electron chi connectivity index (χ4n) is 2.81. The van der Waals surface area contributed by atoms with E-state index in [9.17, 15) is 32.9 Å². The van der Waals surface area contributed by atoms with Crippen molar-refractivity contribution in [3.63, 3.8) is 0 Å². The summed E-state index contributed by atoms with van der Waals surface area (Å²) in [6.45, 7) is 5.89. The molecule has 1 aromatic carbocycles. The van der Waals surface area contributed by atoms with Crippen LogP contribution in [0, 0.1) is 16.0 Å². The number of nitrogens with two attached hydrogens (primary N) is 1. The average molecular weight is 488 g/mol. The number of aryl methyl sites for hydroxylation is 1. The van der Waals surface area contributed by atoms with Crippen LogP contribution in [0.15, 0.2) is 23.4 Å². The van der Waals surface area contributed by atoms with Gasteiger partial charge in [0.15, 0.2) is 5.16 Å². The average Bonchev–Trinajstić information content (AvgIpc) is 3.06. The van der Waals surface area contributed by atoms with Gasteiger partial charge in [0, 0.05) is 31.5 Å². The first-order chi connectivity index (χ1) is 15.3. The van der Waals surface area contributed by atoms with Crippen LogP contribution < -0.4 is 11.1 Å². The summed E-state index contributed by atoms with van der Waals surface area (Å²) in [6, 6.07) is 2.10. The van der Waals surface area contributed by atoms with Crippen molar-refractivity contribution in [3.05, 3.63) is 39.7 Å². The lowest BCUT2D eigenvalue weighted by Gasteiger charge is -2.17. The van der Waals surface area contributed by atoms with Crippen LogP contribution in [-0.2, 0) is 28.7 Å². The Hall–Kier alpha value is -3.16. The highest BCUT2D eigenvalue weighted by Gasteiger charge is 2.36. The number of hydrogen-bond acceptors (Lipinski definition) is 7. The van der Waals surface area contributed by atoms with Gasteiger partial charge in [-0.25, -0.2) is 0 Å². The Labute approximate surface area is 191 Å². The summed E-state index contributed by atoms with van der Waals surface area (Å²) in [5.74, 6) is -0.560. The minimum Gasteiger partial charge on any atom is -0.370 e. The molecule has 0 fully saturated rings. The van der Waals surface area contributed by atoms with E-state index in [0.29, 0.717) is 23.6 Å². The summed E-state index contributed by atoms with van der Waals surface area (Å²) >= 11 is 0.988. The monoisotopic (exact) mass is 488 g/mol. The third kappa shape index (κ3) is 7.17. The summed E-state index contributed by atoms with van der Waals surface area (Å²) in [6.07, 6.45) is -4.58. The van der Waals surface area contributed by atoms with Gasteiger partial charge in [0.2, 0.25) is 11.8 Å². The second kappa shape index (κ2) is 10.6. The summed E-state index contributed by atoms with van der Waals surface area (Å²) in [4.78, 5) is 33.6. The number of alkyl halides is 3. The maximum absolute atomic E-state index is 13.4. The van der Waals surface area contributed by atoms with Crippen molar-refractivity contribution in [2.75, 3.05) is 5.32 Å². The molecule has 3 N–H and O–H groups in total. The number of non-ortho nitro benzene ring substituents is 1. The molecule has 14 heteroatoms. The van der Waals surface area contributed by atoms with Gasteiger partial charge in [0.05, 0.1) is 21.4 Å². The molecule has 0 radical (unpaired) electrons. The SMILES string of the molecule is CC(C)Cn1c(CCC(N)=O)nnc1SC(C)C(=O)Nc1ccc([N+](=O)[O-])cc1C(F)(F)F. The van der Waals surface area contributed by atoms with Crippen molar-refractivity contribution in [2.24, 2.45) is 11.7 Å². The number of halogens is 3. The number of carbonyl (C=O) groups is 2. The molecule has 1 atom stereocenters. The Morgan fingerprint density at radius 1 is 1.27 bits per heavy atom. The minimum atomic E-state index is -4.90. The molecule has 10 nitrogen and oxygen atoms in total. The van der Waals surface area contributed by atoms with Crippen LogP contribution in [-0.4, -0.2) is 36.8 Å². The number of amides is 2. The second-order valence-electron chi connectivity index (χ2n) is 7.60. The standard InChI is InChI=1S/C19H23F3N6O4S/c1-10(2)9-27-16(7-6-15(23)29)25-26-18(27)33-11(3)17(30)24-14-5-4-12(28(31)32)8-13(14)19(20,21)22/h4-5,8,10-11H,6-7,9H2,1-3H3,(H2,23,29)(H,24,30). The maximum atomic E-state index is 13.4. The van der Waals surface area contributed by atoms with E-state index in [4.69, 9.17) is 5.73 Å². The van der Waals surface area contributed by atoms with Gasteiger partial charge in [-0.2, -0.15) is 13.2 Å². The molecule has 180 valence electrons. The lowest BCUT2D eigenvalue weighted by Crippen LogP contribution is -2.25. The Bertz CT molecular complexity index is 1040. The van der Waals surface area contributed by atoms with Crippen LogP contribution in [0.5, 0.6) is 0 Å². The van der Waals surface area contributed by atoms with Gasteiger partial charge < -0.3 is 15.6 Å². The minimum absolute atomic E-state index is 0.0668. The molecule has 2 amide bonds. The number of thioether (sulfide) groups is 1. The quantitative estimate of drug-likeness (QED) is 0.296. The van der Waals surface area contributed by atoms with Crippen molar-refractivity contribution in [3.8, 4) is 0 Å². The summed E-state index contributed by atoms with van der Waals surface area (Å²) in [5, 5.41) is 20.6. The largest absolute Gasteiger partial charge is 0.418 e. The first-order valence-corrected chi connectivity index (χ1v) is 10.7. The van der Waals surface area contributed by atoms with E-state index in [0.717, 1.165) is 23.9 Å². The Kier molecular flexibility index (Phi) is 8.41. The number of primary amides is 1. The molecule has 0 aliphatic heterocycles. The zero-order valence-corrected chi connectivity index (χ0v) is 18.9. The predicted octanol–water partition coefficient (Wildman–Crippen LogP) is 3.40. The van der Waals surface area contributed by atoms with Gasteiger partial charge in [0.25, 0.3) is 5.69 Å². The van der Waals surface area contributed by atoms with Crippen molar-refractivity contribution >= 4 is 35.0 Å². The number of nitro benzene ring substituents is 1. The predicted molar refractivity (Wildman–Crippen MR) is 114 cm³/mol. The number of nitrogens with one attached hydrogen (secondary N) is 1. The number of nitro groups is 1. The van der Waals surface area contributed by atoms with E-state index in [1.165, 1.54) is 6.92 Å². The highest BCUT2D eigenvalue weighted by molar-refractivity contribution is 8.00. The van der Waals surface area contributed by atoms with Crippen LogP contribution in [0.4, 0.5) is 24.5 Å². The van der Waals surface area contributed by atoms with Gasteiger partial charge in [-0.3, -0.25) is 19.7 Å². The molecule has 2 aromatic rings. The first-order valence-electron chi connectivity index (χ1n) is 9.83. The molecule has 33 heavy (non-hydrogen) atoms. The van der Waals surface area contributed by atoms with E-state index < -0.39 is 45.1 Å². The third-order valence-corrected chi connectivity index (χ3v) is 5.45. The Morgan fingerprint density at radius 3 is 2.48 bits per heavy atom. The fourth-order valence-corrected chi connectivity index (χ4v) is 3.69. The highest BCUT2D eigenvalue weighted by Crippen LogP contribution is 2.37. The molecule has 2 rings (SSSR count). The van der Waals surface area contributed by atoms with Crippen molar-refractivity contribution in [1.29, 1.82) is 0 Å². The van der Waals surface area contributed by atoms with E-state index >= 15 is 0 Å². The molecular weight excluding hydrogens is 465 g/mol. The van der Waals surface area contributed by atoms with Gasteiger partial charge >= 0.3 is 6.18 Å². The van der Waals surface area contributed by atoms with Crippen molar-refractivity contribution in [2.45, 2.75) is 56.7 Å². The molecule has 0 bridgehead atoms. The second-order valence-corrected chi connectivity index (χ2v) is 8.91. The molecular formula is C19H23F3N6O4S. The van der Waals surface area contributed by atoms with Crippen LogP contribution in [0.2, 0.25) is 0 Å². The van der Waals surface area contributed by atoms with Crippen LogP contribution in [0.1, 0.15) is 38.6 Å². The number of benzene rings is 1. The maximum Gasteiger partial charge on any atom is 0.418 e. The molecule has 0 saturated carbocycles. The highest BCUT2D eigenvalue weighted by atomic mass is 32.2. The van der Waals surface area contributed by atoms with Crippen LogP contribution in [0.3, 0.4) is 0 Å². The fraction of sp³-hybridized carbons (Fsp3) is 0.474. The Morgan fingerprint density at radius 2 is 1.94 bits per heavy atom. The number of aromatic nitrogens is 3. The third-order valence-electron chi connectivity index (χ3n) is 4.36. The molecule has 0 aliphatic carbocycles. The topological polar surface area (TPSA) is 146 Å².